The quantitative estimate of drug-likeness (QED) is 0.551. The van der Waals surface area contributed by atoms with Gasteiger partial charge in [0.15, 0.2) is 5.11 Å². The highest BCUT2D eigenvalue weighted by Crippen LogP contribution is 2.20. The molecule has 1 rings (SSSR count). The van der Waals surface area contributed by atoms with Crippen LogP contribution in [0.3, 0.4) is 0 Å². The summed E-state index contributed by atoms with van der Waals surface area (Å²) in [4.78, 5) is 10.7. The lowest BCUT2D eigenvalue weighted by Gasteiger charge is -2.28. The van der Waals surface area contributed by atoms with Crippen molar-refractivity contribution in [3.8, 4) is 0 Å². The van der Waals surface area contributed by atoms with Crippen LogP contribution in [-0.4, -0.2) is 40.5 Å². The zero-order valence-corrected chi connectivity index (χ0v) is 12.3. The molecular formula is C13H24N2O3S. The third-order valence-electron chi connectivity index (χ3n) is 3.58. The van der Waals surface area contributed by atoms with Crippen LogP contribution in [-0.2, 0) is 4.79 Å². The van der Waals surface area contributed by atoms with E-state index in [1.807, 2.05) is 0 Å². The first-order valence-corrected chi connectivity index (χ1v) is 7.23. The number of hydrogen-bond acceptors (Lipinski definition) is 3. The van der Waals surface area contributed by atoms with Gasteiger partial charge in [-0.05, 0) is 25.1 Å². The first-order valence-electron chi connectivity index (χ1n) is 6.82. The molecule has 0 aromatic carbocycles. The predicted molar refractivity (Wildman–Crippen MR) is 78.1 cm³/mol. The van der Waals surface area contributed by atoms with Crippen molar-refractivity contribution in [3.63, 3.8) is 0 Å². The Labute approximate surface area is 119 Å². The second-order valence-electron chi connectivity index (χ2n) is 5.70. The lowest BCUT2D eigenvalue weighted by molar-refractivity contribution is -0.140. The van der Waals surface area contributed by atoms with Crippen LogP contribution >= 0.6 is 12.2 Å². The van der Waals surface area contributed by atoms with Crippen LogP contribution in [0, 0.1) is 5.41 Å². The van der Waals surface area contributed by atoms with Gasteiger partial charge in [0.1, 0.15) is 0 Å². The summed E-state index contributed by atoms with van der Waals surface area (Å²) < 4.78 is 0. The van der Waals surface area contributed by atoms with E-state index in [4.69, 9.17) is 17.3 Å². The molecule has 1 saturated carbocycles. The van der Waals surface area contributed by atoms with Crippen LogP contribution in [0.4, 0.5) is 0 Å². The number of carbonyl (C=O) groups is 1. The Hall–Kier alpha value is -0.880. The molecular weight excluding hydrogens is 264 g/mol. The molecule has 19 heavy (non-hydrogen) atoms. The van der Waals surface area contributed by atoms with Gasteiger partial charge in [-0.1, -0.05) is 26.2 Å². The average molecular weight is 288 g/mol. The zero-order valence-electron chi connectivity index (χ0n) is 11.4. The van der Waals surface area contributed by atoms with Crippen molar-refractivity contribution in [2.75, 3.05) is 13.2 Å². The van der Waals surface area contributed by atoms with E-state index in [2.05, 4.69) is 10.6 Å². The maximum Gasteiger partial charge on any atom is 0.304 e. The Morgan fingerprint density at radius 1 is 1.37 bits per heavy atom. The maximum atomic E-state index is 10.7. The first-order chi connectivity index (χ1) is 8.95. The molecule has 1 unspecified atom stereocenters. The molecule has 4 N–H and O–H groups in total. The van der Waals surface area contributed by atoms with E-state index in [1.54, 1.807) is 6.92 Å². The molecule has 1 atom stereocenters. The van der Waals surface area contributed by atoms with Crippen LogP contribution in [0.25, 0.3) is 0 Å². The van der Waals surface area contributed by atoms with Crippen LogP contribution in [0.5, 0.6) is 0 Å². The number of aliphatic carboxylic acids is 1. The predicted octanol–water partition coefficient (Wildman–Crippen LogP) is 1.26. The number of hydrogen-bond donors (Lipinski definition) is 4. The second-order valence-corrected chi connectivity index (χ2v) is 6.11. The summed E-state index contributed by atoms with van der Waals surface area (Å²) in [6.07, 6.45) is 5.94. The van der Waals surface area contributed by atoms with Crippen molar-refractivity contribution in [3.05, 3.63) is 0 Å². The minimum Gasteiger partial charge on any atom is -0.481 e. The van der Waals surface area contributed by atoms with E-state index in [-0.39, 0.29) is 13.0 Å². The van der Waals surface area contributed by atoms with E-state index in [0.29, 0.717) is 17.7 Å². The number of carboxylic acid groups (broad SMARTS) is 1. The maximum absolute atomic E-state index is 10.7. The molecule has 0 heterocycles. The van der Waals surface area contributed by atoms with Crippen molar-refractivity contribution in [1.29, 1.82) is 0 Å². The molecule has 5 nitrogen and oxygen atoms in total. The molecule has 6 heteroatoms. The highest BCUT2D eigenvalue weighted by molar-refractivity contribution is 7.80. The minimum atomic E-state index is -0.912. The fourth-order valence-corrected chi connectivity index (χ4v) is 2.56. The topological polar surface area (TPSA) is 81.6 Å². The summed E-state index contributed by atoms with van der Waals surface area (Å²) in [5.41, 5.74) is -0.690. The fourth-order valence-electron chi connectivity index (χ4n) is 2.32. The van der Waals surface area contributed by atoms with Gasteiger partial charge in [0.05, 0.1) is 13.0 Å². The molecule has 1 aliphatic carbocycles. The Bertz CT molecular complexity index is 319. The van der Waals surface area contributed by atoms with Gasteiger partial charge in [0.2, 0.25) is 0 Å². The largest absolute Gasteiger partial charge is 0.481 e. The van der Waals surface area contributed by atoms with Crippen molar-refractivity contribution < 1.29 is 15.0 Å². The molecule has 1 fully saturated rings. The van der Waals surface area contributed by atoms with Crippen LogP contribution in [0.15, 0.2) is 0 Å². The third-order valence-corrected chi connectivity index (χ3v) is 3.84. The molecule has 110 valence electrons. The first kappa shape index (κ1) is 16.2. The van der Waals surface area contributed by atoms with Gasteiger partial charge in [-0.3, -0.25) is 4.79 Å². The second kappa shape index (κ2) is 7.65. The molecule has 0 spiro atoms. The van der Waals surface area contributed by atoms with Crippen LogP contribution < -0.4 is 10.6 Å². The van der Waals surface area contributed by atoms with Gasteiger partial charge < -0.3 is 20.8 Å². The highest BCUT2D eigenvalue weighted by Gasteiger charge is 2.27. The molecule has 1 aliphatic rings. The van der Waals surface area contributed by atoms with Crippen molar-refractivity contribution in [1.82, 2.24) is 10.6 Å². The Morgan fingerprint density at radius 2 is 2.00 bits per heavy atom. The molecule has 0 amide bonds. The van der Waals surface area contributed by atoms with Crippen molar-refractivity contribution >= 4 is 23.3 Å². The van der Waals surface area contributed by atoms with Crippen LogP contribution in [0.2, 0.25) is 0 Å². The number of carboxylic acids is 1. The highest BCUT2D eigenvalue weighted by atomic mass is 32.1. The van der Waals surface area contributed by atoms with Gasteiger partial charge in [-0.2, -0.15) is 0 Å². The summed E-state index contributed by atoms with van der Waals surface area (Å²) in [5.74, 6) is -0.912. The standard InChI is InChI=1S/C13H24N2O3S/c1-13(9-16,7-11(17)18)8-14-12(19)15-10-5-3-2-4-6-10/h10,16H,2-9H2,1H3,(H,17,18)(H2,14,15,19). The number of aliphatic hydroxyl groups excluding tert-OH is 1. The minimum absolute atomic E-state index is 0.0808. The monoisotopic (exact) mass is 288 g/mol. The van der Waals surface area contributed by atoms with Gasteiger partial charge in [-0.15, -0.1) is 0 Å². The Balaban J connectivity index is 2.32. The number of nitrogens with one attached hydrogen (secondary N) is 2. The smallest absolute Gasteiger partial charge is 0.304 e. The lowest BCUT2D eigenvalue weighted by atomic mass is 9.88. The number of rotatable bonds is 6. The summed E-state index contributed by atoms with van der Waals surface area (Å²) in [7, 11) is 0. The van der Waals surface area contributed by atoms with Crippen molar-refractivity contribution in [2.24, 2.45) is 5.41 Å². The summed E-state index contributed by atoms with van der Waals surface area (Å²) in [6.45, 7) is 1.91. The molecule has 0 aromatic heterocycles. The van der Waals surface area contributed by atoms with Gasteiger partial charge >= 0.3 is 5.97 Å². The number of aliphatic hydroxyl groups is 1. The molecule has 0 aromatic rings. The van der Waals surface area contributed by atoms with E-state index < -0.39 is 11.4 Å². The van der Waals surface area contributed by atoms with Gasteiger partial charge in [-0.25, -0.2) is 0 Å². The van der Waals surface area contributed by atoms with E-state index in [9.17, 15) is 9.90 Å². The fraction of sp³-hybridized carbons (Fsp3) is 0.846. The van der Waals surface area contributed by atoms with E-state index >= 15 is 0 Å². The van der Waals surface area contributed by atoms with Gasteiger partial charge in [0.25, 0.3) is 0 Å². The lowest BCUT2D eigenvalue weighted by Crippen LogP contribution is -2.47. The molecule has 0 radical (unpaired) electrons. The van der Waals surface area contributed by atoms with E-state index in [0.717, 1.165) is 12.8 Å². The zero-order chi connectivity index (χ0) is 14.3. The Kier molecular flexibility index (Phi) is 6.51. The van der Waals surface area contributed by atoms with Crippen molar-refractivity contribution in [2.45, 2.75) is 51.5 Å². The van der Waals surface area contributed by atoms with Gasteiger partial charge in [0, 0.05) is 18.0 Å². The molecule has 0 bridgehead atoms. The Morgan fingerprint density at radius 3 is 2.53 bits per heavy atom. The number of thiocarbonyl (C=S) groups is 1. The molecule has 0 aliphatic heterocycles. The average Bonchev–Trinajstić information content (AvgIpc) is 2.37. The SMILES string of the molecule is CC(CO)(CNC(=S)NC1CCCCC1)CC(=O)O. The molecule has 0 saturated heterocycles. The third kappa shape index (κ3) is 6.20. The normalized spacial score (nSPS) is 19.5. The summed E-state index contributed by atoms with van der Waals surface area (Å²) in [5, 5.41) is 25.0. The van der Waals surface area contributed by atoms with E-state index in [1.165, 1.54) is 19.3 Å². The summed E-state index contributed by atoms with van der Waals surface area (Å²) in [6, 6.07) is 0.425. The van der Waals surface area contributed by atoms with Crippen LogP contribution in [0.1, 0.15) is 45.4 Å². The summed E-state index contributed by atoms with van der Waals surface area (Å²) >= 11 is 5.21.